The number of rotatable bonds is 3. The minimum absolute atomic E-state index is 0.153. The highest BCUT2D eigenvalue weighted by molar-refractivity contribution is 5.23. The molecule has 3 heteroatoms. The summed E-state index contributed by atoms with van der Waals surface area (Å²) in [6, 6.07) is 4.10. The molecule has 0 radical (unpaired) electrons. The molecule has 1 aromatic heterocycles. The van der Waals surface area contributed by atoms with Crippen LogP contribution in [0.25, 0.3) is 0 Å². The Balaban J connectivity index is 1.86. The van der Waals surface area contributed by atoms with Crippen LogP contribution in [-0.2, 0) is 5.41 Å². The van der Waals surface area contributed by atoms with Gasteiger partial charge in [-0.05, 0) is 42.8 Å². The van der Waals surface area contributed by atoms with Crippen molar-refractivity contribution < 1.29 is 4.74 Å². The molecule has 0 atom stereocenters. The van der Waals surface area contributed by atoms with Crippen molar-refractivity contribution in [3.05, 3.63) is 23.9 Å². The molecule has 0 aromatic carbocycles. The van der Waals surface area contributed by atoms with E-state index < -0.39 is 0 Å². The molecule has 1 aromatic rings. The molecule has 1 saturated heterocycles. The summed E-state index contributed by atoms with van der Waals surface area (Å²) < 4.78 is 5.77. The predicted molar refractivity (Wildman–Crippen MR) is 74.0 cm³/mol. The second-order valence-corrected chi connectivity index (χ2v) is 6.14. The van der Waals surface area contributed by atoms with Gasteiger partial charge in [0, 0.05) is 12.3 Å². The summed E-state index contributed by atoms with van der Waals surface area (Å²) in [5.41, 5.74) is 1.40. The number of ether oxygens (including phenoxy) is 1. The molecule has 1 fully saturated rings. The molecule has 0 saturated carbocycles. The lowest BCUT2D eigenvalue weighted by atomic mass is 9.88. The monoisotopic (exact) mass is 248 g/mol. The number of nitrogens with zero attached hydrogens (tertiary/aromatic N) is 1. The van der Waals surface area contributed by atoms with Crippen LogP contribution in [0, 0.1) is 5.92 Å². The quantitative estimate of drug-likeness (QED) is 0.893. The molecule has 0 amide bonds. The van der Waals surface area contributed by atoms with E-state index in [1.54, 1.807) is 0 Å². The van der Waals surface area contributed by atoms with Crippen molar-refractivity contribution in [3.63, 3.8) is 0 Å². The van der Waals surface area contributed by atoms with Gasteiger partial charge in [0.2, 0.25) is 5.88 Å². The Bertz CT molecular complexity index is 361. The van der Waals surface area contributed by atoms with Crippen molar-refractivity contribution in [2.45, 2.75) is 39.0 Å². The van der Waals surface area contributed by atoms with Gasteiger partial charge in [0.1, 0.15) is 0 Å². The summed E-state index contributed by atoms with van der Waals surface area (Å²) in [5.74, 6) is 1.43. The lowest BCUT2D eigenvalue weighted by molar-refractivity contribution is 0.209. The van der Waals surface area contributed by atoms with E-state index in [1.165, 1.54) is 18.4 Å². The molecule has 0 aliphatic carbocycles. The van der Waals surface area contributed by atoms with Crippen molar-refractivity contribution in [2.24, 2.45) is 5.92 Å². The van der Waals surface area contributed by atoms with Gasteiger partial charge >= 0.3 is 0 Å². The van der Waals surface area contributed by atoms with Crippen LogP contribution in [0.4, 0.5) is 0 Å². The van der Waals surface area contributed by atoms with Crippen LogP contribution in [0.2, 0.25) is 0 Å². The molecule has 0 unspecified atom stereocenters. The average molecular weight is 248 g/mol. The van der Waals surface area contributed by atoms with Crippen LogP contribution in [-0.4, -0.2) is 24.7 Å². The Hall–Kier alpha value is -1.09. The third-order valence-electron chi connectivity index (χ3n) is 3.53. The predicted octanol–water partition coefficient (Wildman–Crippen LogP) is 2.76. The summed E-state index contributed by atoms with van der Waals surface area (Å²) in [7, 11) is 0. The fraction of sp³-hybridized carbons (Fsp3) is 0.667. The smallest absolute Gasteiger partial charge is 0.213 e. The topological polar surface area (TPSA) is 34.1 Å². The van der Waals surface area contributed by atoms with E-state index in [9.17, 15) is 0 Å². The molecule has 0 bridgehead atoms. The van der Waals surface area contributed by atoms with Gasteiger partial charge in [0.15, 0.2) is 0 Å². The molecule has 2 heterocycles. The Morgan fingerprint density at radius 1 is 1.28 bits per heavy atom. The van der Waals surface area contributed by atoms with Gasteiger partial charge in [0.05, 0.1) is 6.61 Å². The summed E-state index contributed by atoms with van der Waals surface area (Å²) in [5, 5.41) is 3.37. The number of piperidine rings is 1. The minimum atomic E-state index is 0.153. The van der Waals surface area contributed by atoms with Gasteiger partial charge in [-0.15, -0.1) is 0 Å². The Morgan fingerprint density at radius 3 is 2.56 bits per heavy atom. The van der Waals surface area contributed by atoms with Crippen LogP contribution in [0.1, 0.15) is 39.2 Å². The fourth-order valence-corrected chi connectivity index (χ4v) is 2.16. The normalized spacial score (nSPS) is 17.7. The molecule has 1 aliphatic rings. The van der Waals surface area contributed by atoms with Crippen molar-refractivity contribution in [1.82, 2.24) is 10.3 Å². The zero-order valence-electron chi connectivity index (χ0n) is 11.7. The zero-order chi connectivity index (χ0) is 13.0. The molecule has 1 aliphatic heterocycles. The molecule has 18 heavy (non-hydrogen) atoms. The lowest BCUT2D eigenvalue weighted by Crippen LogP contribution is -2.30. The summed E-state index contributed by atoms with van der Waals surface area (Å²) in [6.07, 6.45) is 4.35. The third kappa shape index (κ3) is 3.70. The Labute approximate surface area is 110 Å². The Kier molecular flexibility index (Phi) is 4.23. The first-order chi connectivity index (χ1) is 8.55. The second kappa shape index (κ2) is 5.70. The largest absolute Gasteiger partial charge is 0.477 e. The van der Waals surface area contributed by atoms with Crippen LogP contribution in [0.5, 0.6) is 5.88 Å². The number of pyridine rings is 1. The van der Waals surface area contributed by atoms with Gasteiger partial charge < -0.3 is 10.1 Å². The lowest BCUT2D eigenvalue weighted by Gasteiger charge is -2.22. The van der Waals surface area contributed by atoms with Crippen LogP contribution in [0.3, 0.4) is 0 Å². The molecule has 0 spiro atoms. The first kappa shape index (κ1) is 13.3. The zero-order valence-corrected chi connectivity index (χ0v) is 11.7. The fourth-order valence-electron chi connectivity index (χ4n) is 2.16. The maximum atomic E-state index is 5.77. The molecular formula is C15H24N2O. The first-order valence-electron chi connectivity index (χ1n) is 6.86. The summed E-state index contributed by atoms with van der Waals surface area (Å²) in [4.78, 5) is 4.39. The number of aromatic nitrogens is 1. The van der Waals surface area contributed by atoms with Crippen molar-refractivity contribution >= 4 is 0 Å². The maximum Gasteiger partial charge on any atom is 0.213 e. The molecule has 1 N–H and O–H groups in total. The Morgan fingerprint density at radius 2 is 2.00 bits per heavy atom. The second-order valence-electron chi connectivity index (χ2n) is 6.14. The van der Waals surface area contributed by atoms with E-state index in [4.69, 9.17) is 4.74 Å². The van der Waals surface area contributed by atoms with Crippen LogP contribution < -0.4 is 10.1 Å². The van der Waals surface area contributed by atoms with E-state index in [2.05, 4.69) is 37.1 Å². The van der Waals surface area contributed by atoms with E-state index in [0.717, 1.165) is 25.6 Å². The molecule has 3 nitrogen and oxygen atoms in total. The highest BCUT2D eigenvalue weighted by atomic mass is 16.5. The van der Waals surface area contributed by atoms with Gasteiger partial charge in [-0.25, -0.2) is 4.98 Å². The number of nitrogens with one attached hydrogen (secondary N) is 1. The molecule has 100 valence electrons. The van der Waals surface area contributed by atoms with Gasteiger partial charge in [0.25, 0.3) is 0 Å². The van der Waals surface area contributed by atoms with E-state index >= 15 is 0 Å². The highest BCUT2D eigenvalue weighted by Gasteiger charge is 2.15. The minimum Gasteiger partial charge on any atom is -0.477 e. The van der Waals surface area contributed by atoms with Crippen molar-refractivity contribution in [3.8, 4) is 5.88 Å². The number of hydrogen-bond acceptors (Lipinski definition) is 3. The third-order valence-corrected chi connectivity index (χ3v) is 3.53. The van der Waals surface area contributed by atoms with Crippen LogP contribution >= 0.6 is 0 Å². The van der Waals surface area contributed by atoms with Crippen molar-refractivity contribution in [2.75, 3.05) is 19.7 Å². The average Bonchev–Trinajstić information content (AvgIpc) is 2.37. The highest BCUT2D eigenvalue weighted by Crippen LogP contribution is 2.23. The van der Waals surface area contributed by atoms with Gasteiger partial charge in [-0.2, -0.15) is 0 Å². The van der Waals surface area contributed by atoms with E-state index in [-0.39, 0.29) is 5.41 Å². The standard InChI is InChI=1S/C15H24N2O/c1-15(2,3)13-4-5-14(17-10-13)18-11-12-6-8-16-9-7-12/h4-5,10,12,16H,6-9,11H2,1-3H3. The summed E-state index contributed by atoms with van der Waals surface area (Å²) >= 11 is 0. The molecular weight excluding hydrogens is 224 g/mol. The van der Waals surface area contributed by atoms with Crippen molar-refractivity contribution in [1.29, 1.82) is 0 Å². The van der Waals surface area contributed by atoms with Gasteiger partial charge in [-0.1, -0.05) is 26.8 Å². The maximum absolute atomic E-state index is 5.77. The van der Waals surface area contributed by atoms with E-state index in [1.807, 2.05) is 12.3 Å². The number of hydrogen-bond donors (Lipinski definition) is 1. The van der Waals surface area contributed by atoms with Gasteiger partial charge in [-0.3, -0.25) is 0 Å². The SMILES string of the molecule is CC(C)(C)c1ccc(OCC2CCNCC2)nc1. The molecule has 2 rings (SSSR count). The summed E-state index contributed by atoms with van der Waals surface area (Å²) in [6.45, 7) is 9.61. The first-order valence-corrected chi connectivity index (χ1v) is 6.86. The van der Waals surface area contributed by atoms with E-state index in [0.29, 0.717) is 5.92 Å². The van der Waals surface area contributed by atoms with Crippen LogP contribution in [0.15, 0.2) is 18.3 Å².